The molecule has 110 valence electrons. The topological polar surface area (TPSA) is 29.9 Å². The normalized spacial score (nSPS) is 36.0. The first kappa shape index (κ1) is 12.7. The van der Waals surface area contributed by atoms with E-state index >= 15 is 0 Å². The first-order valence-corrected chi connectivity index (χ1v) is 8.35. The lowest BCUT2D eigenvalue weighted by atomic mass is 9.84. The quantitative estimate of drug-likeness (QED) is 0.831. The van der Waals surface area contributed by atoms with Gasteiger partial charge in [-0.15, -0.1) is 0 Å². The van der Waals surface area contributed by atoms with E-state index in [4.69, 9.17) is 5.10 Å². The van der Waals surface area contributed by atoms with Crippen LogP contribution < -0.4 is 5.32 Å². The fraction of sp³-hybridized carbons (Fsp3) is 0.824. The summed E-state index contributed by atoms with van der Waals surface area (Å²) in [7, 11) is 0. The van der Waals surface area contributed by atoms with Gasteiger partial charge in [-0.1, -0.05) is 27.2 Å². The second-order valence-electron chi connectivity index (χ2n) is 8.28. The highest BCUT2D eigenvalue weighted by Gasteiger charge is 2.42. The minimum Gasteiger partial charge on any atom is -0.370 e. The zero-order valence-corrected chi connectivity index (χ0v) is 13.0. The molecule has 2 heterocycles. The van der Waals surface area contributed by atoms with Gasteiger partial charge in [-0.25, -0.2) is 4.68 Å². The van der Waals surface area contributed by atoms with E-state index in [1.165, 1.54) is 43.6 Å². The van der Waals surface area contributed by atoms with Gasteiger partial charge >= 0.3 is 0 Å². The van der Waals surface area contributed by atoms with Gasteiger partial charge in [-0.3, -0.25) is 0 Å². The van der Waals surface area contributed by atoms with Crippen LogP contribution in [0.3, 0.4) is 0 Å². The molecule has 1 aromatic heterocycles. The molecule has 0 saturated heterocycles. The highest BCUT2D eigenvalue weighted by atomic mass is 15.4. The molecule has 2 fully saturated rings. The molecule has 4 rings (SSSR count). The molecule has 4 atom stereocenters. The Labute approximate surface area is 122 Å². The Morgan fingerprint density at radius 3 is 2.70 bits per heavy atom. The van der Waals surface area contributed by atoms with Crippen LogP contribution in [0.5, 0.6) is 0 Å². The van der Waals surface area contributed by atoms with Gasteiger partial charge in [-0.2, -0.15) is 5.10 Å². The molecule has 4 unspecified atom stereocenters. The van der Waals surface area contributed by atoms with E-state index in [2.05, 4.69) is 36.8 Å². The Morgan fingerprint density at radius 1 is 1.20 bits per heavy atom. The van der Waals surface area contributed by atoms with Crippen molar-refractivity contribution in [2.75, 3.05) is 11.9 Å². The maximum Gasteiger partial charge on any atom is 0.124 e. The molecule has 0 spiro atoms. The lowest BCUT2D eigenvalue weighted by Crippen LogP contribution is -2.32. The van der Waals surface area contributed by atoms with Crippen LogP contribution in [0.25, 0.3) is 0 Å². The van der Waals surface area contributed by atoms with Crippen LogP contribution in [-0.4, -0.2) is 16.3 Å². The van der Waals surface area contributed by atoms with Gasteiger partial charge in [-0.05, 0) is 42.9 Å². The van der Waals surface area contributed by atoms with Crippen LogP contribution in [0.1, 0.15) is 70.5 Å². The number of anilines is 1. The van der Waals surface area contributed by atoms with E-state index in [0.29, 0.717) is 6.04 Å². The molecule has 3 aliphatic rings. The van der Waals surface area contributed by atoms with Gasteiger partial charge in [0.15, 0.2) is 0 Å². The van der Waals surface area contributed by atoms with Crippen molar-refractivity contribution in [2.45, 2.75) is 64.8 Å². The Kier molecular flexibility index (Phi) is 2.71. The predicted molar refractivity (Wildman–Crippen MR) is 82.0 cm³/mol. The van der Waals surface area contributed by atoms with Crippen molar-refractivity contribution < 1.29 is 0 Å². The standard InChI is InChI=1S/C17H27N3/c1-17(2,3)15-6-7-18-16-10-14(19-20(15)16)13-9-11-4-5-12(13)8-11/h10-13,15,18H,4-9H2,1-3H3. The lowest BCUT2D eigenvalue weighted by molar-refractivity contribution is 0.209. The van der Waals surface area contributed by atoms with Gasteiger partial charge in [0, 0.05) is 18.5 Å². The minimum absolute atomic E-state index is 0.287. The van der Waals surface area contributed by atoms with Gasteiger partial charge in [0.1, 0.15) is 5.82 Å². The molecule has 2 saturated carbocycles. The molecule has 0 amide bonds. The number of hydrogen-bond donors (Lipinski definition) is 1. The average molecular weight is 273 g/mol. The third-order valence-corrected chi connectivity index (χ3v) is 5.89. The maximum absolute atomic E-state index is 5.05. The van der Waals surface area contributed by atoms with Crippen LogP contribution in [0, 0.1) is 17.3 Å². The number of rotatable bonds is 1. The molecule has 1 aromatic rings. The van der Waals surface area contributed by atoms with Crippen molar-refractivity contribution in [3.63, 3.8) is 0 Å². The fourth-order valence-electron chi connectivity index (χ4n) is 4.83. The molecule has 2 bridgehead atoms. The fourth-order valence-corrected chi connectivity index (χ4v) is 4.83. The zero-order valence-electron chi connectivity index (χ0n) is 13.0. The summed E-state index contributed by atoms with van der Waals surface area (Å²) in [5, 5.41) is 8.61. The molecular formula is C17H27N3. The Bertz CT molecular complexity index is 511. The lowest BCUT2D eigenvalue weighted by Gasteiger charge is -2.35. The maximum atomic E-state index is 5.05. The van der Waals surface area contributed by atoms with E-state index in [9.17, 15) is 0 Å². The summed E-state index contributed by atoms with van der Waals surface area (Å²) in [4.78, 5) is 0. The van der Waals surface area contributed by atoms with Gasteiger partial charge in [0.2, 0.25) is 0 Å². The summed E-state index contributed by atoms with van der Waals surface area (Å²) in [6.45, 7) is 8.10. The molecule has 0 radical (unpaired) electrons. The van der Waals surface area contributed by atoms with Crippen LogP contribution in [0.15, 0.2) is 6.07 Å². The first-order chi connectivity index (χ1) is 9.52. The Balaban J connectivity index is 1.66. The summed E-state index contributed by atoms with van der Waals surface area (Å²) in [6, 6.07) is 2.88. The third-order valence-electron chi connectivity index (χ3n) is 5.89. The molecule has 20 heavy (non-hydrogen) atoms. The van der Waals surface area contributed by atoms with Crippen LogP contribution in [0.2, 0.25) is 0 Å². The van der Waals surface area contributed by atoms with Gasteiger partial charge < -0.3 is 5.32 Å². The third kappa shape index (κ3) is 1.89. The smallest absolute Gasteiger partial charge is 0.124 e. The van der Waals surface area contributed by atoms with Crippen molar-refractivity contribution in [2.24, 2.45) is 17.3 Å². The molecule has 3 heteroatoms. The molecular weight excluding hydrogens is 246 g/mol. The van der Waals surface area contributed by atoms with Gasteiger partial charge in [0.05, 0.1) is 11.7 Å². The highest BCUT2D eigenvalue weighted by Crippen LogP contribution is 2.53. The number of aromatic nitrogens is 2. The van der Waals surface area contributed by atoms with Crippen molar-refractivity contribution in [1.82, 2.24) is 9.78 Å². The molecule has 3 nitrogen and oxygen atoms in total. The van der Waals surface area contributed by atoms with Crippen LogP contribution in [-0.2, 0) is 0 Å². The van der Waals surface area contributed by atoms with Crippen molar-refractivity contribution in [1.29, 1.82) is 0 Å². The summed E-state index contributed by atoms with van der Waals surface area (Å²) < 4.78 is 2.30. The minimum atomic E-state index is 0.287. The second-order valence-corrected chi connectivity index (χ2v) is 8.28. The van der Waals surface area contributed by atoms with Crippen LogP contribution >= 0.6 is 0 Å². The summed E-state index contributed by atoms with van der Waals surface area (Å²) in [5.74, 6) is 3.92. The summed E-state index contributed by atoms with van der Waals surface area (Å²) in [5.41, 5.74) is 1.66. The Hall–Kier alpha value is -0.990. The van der Waals surface area contributed by atoms with E-state index in [1.54, 1.807) is 0 Å². The molecule has 1 aliphatic heterocycles. The van der Waals surface area contributed by atoms with E-state index in [0.717, 1.165) is 24.3 Å². The van der Waals surface area contributed by atoms with Crippen molar-refractivity contribution in [3.8, 4) is 0 Å². The summed E-state index contributed by atoms with van der Waals surface area (Å²) in [6.07, 6.45) is 6.95. The van der Waals surface area contributed by atoms with E-state index < -0.39 is 0 Å². The highest BCUT2D eigenvalue weighted by molar-refractivity contribution is 5.41. The Morgan fingerprint density at radius 2 is 2.05 bits per heavy atom. The van der Waals surface area contributed by atoms with E-state index in [-0.39, 0.29) is 5.41 Å². The monoisotopic (exact) mass is 273 g/mol. The molecule has 0 aromatic carbocycles. The van der Waals surface area contributed by atoms with Crippen molar-refractivity contribution in [3.05, 3.63) is 11.8 Å². The predicted octanol–water partition coefficient (Wildman–Crippen LogP) is 4.19. The number of hydrogen-bond acceptors (Lipinski definition) is 2. The van der Waals surface area contributed by atoms with E-state index in [1.807, 2.05) is 0 Å². The van der Waals surface area contributed by atoms with Gasteiger partial charge in [0.25, 0.3) is 0 Å². The second kappa shape index (κ2) is 4.25. The van der Waals surface area contributed by atoms with Crippen LogP contribution in [0.4, 0.5) is 5.82 Å². The average Bonchev–Trinajstić information content (AvgIpc) is 3.10. The zero-order chi connectivity index (χ0) is 13.9. The number of fused-ring (bicyclic) bond motifs is 3. The largest absolute Gasteiger partial charge is 0.370 e. The molecule has 1 N–H and O–H groups in total. The number of nitrogens with zero attached hydrogens (tertiary/aromatic N) is 2. The number of nitrogens with one attached hydrogen (secondary N) is 1. The molecule has 2 aliphatic carbocycles. The van der Waals surface area contributed by atoms with Crippen molar-refractivity contribution >= 4 is 5.82 Å². The summed E-state index contributed by atoms with van der Waals surface area (Å²) >= 11 is 0. The first-order valence-electron chi connectivity index (χ1n) is 8.35. The SMILES string of the molecule is CC(C)(C)C1CCNc2cc(C3CC4CCC3C4)nn21.